The summed E-state index contributed by atoms with van der Waals surface area (Å²) in [6.45, 7) is 10.9. The first-order valence-electron chi connectivity index (χ1n) is 26.7. The molecule has 0 spiro atoms. The van der Waals surface area contributed by atoms with Crippen molar-refractivity contribution >= 4 is 110 Å². The molecule has 0 N–H and O–H groups in total. The predicted octanol–water partition coefficient (Wildman–Crippen LogP) is 15.1. The SMILES string of the molecule is Cc1cccc2c1nc1n(-c3cc(C(C)(C)C)ccn3)c3[c-]c4c(cc3n21)n1c2cccc(C)c2nc1n4-c1[c-]c(-n2[c-][n+](-c3cccc4c5ccccc5n(-c5ccccc5)c34)c3ccccc32)cc2c1oc1ccccc12.[Pt]. The van der Waals surface area contributed by atoms with Gasteiger partial charge in [-0.25, -0.2) is 15.0 Å². The zero-order valence-corrected chi connectivity index (χ0v) is 46.4. The topological polar surface area (TPSA) is 84.2 Å². The number of furan rings is 1. The molecule has 0 aliphatic heterocycles. The molecule has 80 heavy (non-hydrogen) atoms. The van der Waals surface area contributed by atoms with Gasteiger partial charge in [0, 0.05) is 54.7 Å². The van der Waals surface area contributed by atoms with Crippen LogP contribution in [0, 0.1) is 32.3 Å². The molecular formula is C68H46N10OPt-2. The Morgan fingerprint density at radius 3 is 1.90 bits per heavy atom. The molecule has 0 saturated carbocycles. The molecule has 0 aliphatic rings. The van der Waals surface area contributed by atoms with Crippen LogP contribution >= 0.6 is 0 Å². The van der Waals surface area contributed by atoms with Gasteiger partial charge < -0.3 is 26.9 Å². The fourth-order valence-electron chi connectivity index (χ4n) is 12.5. The second-order valence-corrected chi connectivity index (χ2v) is 21.9. The molecule has 8 heterocycles. The van der Waals surface area contributed by atoms with Crippen LogP contribution in [0.3, 0.4) is 0 Å². The number of pyridine rings is 1. The fraction of sp³-hybridized carbons (Fsp3) is 0.0882. The largest absolute Gasteiger partial charge is 0.514 e. The molecule has 11 nitrogen and oxygen atoms in total. The summed E-state index contributed by atoms with van der Waals surface area (Å²) in [7, 11) is 0. The third kappa shape index (κ3) is 6.35. The minimum Gasteiger partial charge on any atom is -0.514 e. The van der Waals surface area contributed by atoms with Gasteiger partial charge in [-0.3, -0.25) is 9.13 Å². The Kier molecular flexibility index (Phi) is 9.72. The van der Waals surface area contributed by atoms with E-state index in [0.717, 1.165) is 128 Å². The summed E-state index contributed by atoms with van der Waals surface area (Å²) in [5, 5.41) is 4.26. The Bertz CT molecular complexity index is 5460. The van der Waals surface area contributed by atoms with E-state index in [1.807, 2.05) is 18.3 Å². The summed E-state index contributed by atoms with van der Waals surface area (Å²) < 4.78 is 22.7. The smallest absolute Gasteiger partial charge is 0.268 e. The Balaban J connectivity index is 0.00000531. The molecule has 0 bridgehead atoms. The molecule has 386 valence electrons. The van der Waals surface area contributed by atoms with Gasteiger partial charge in [0.2, 0.25) is 11.6 Å². The zero-order chi connectivity index (χ0) is 52.6. The zero-order valence-electron chi connectivity index (χ0n) is 44.1. The van der Waals surface area contributed by atoms with Gasteiger partial charge >= 0.3 is 0 Å². The Hall–Kier alpha value is -9.57. The minimum absolute atomic E-state index is 0. The molecular weight excluding hydrogens is 1170 g/mol. The number of hydrogen-bond donors (Lipinski definition) is 0. The van der Waals surface area contributed by atoms with Crippen LogP contribution in [0.4, 0.5) is 0 Å². The quantitative estimate of drug-likeness (QED) is 0.127. The normalized spacial score (nSPS) is 12.5. The summed E-state index contributed by atoms with van der Waals surface area (Å²) in [6, 6.07) is 72.2. The maximum absolute atomic E-state index is 7.05. The third-order valence-corrected chi connectivity index (χ3v) is 16.2. The van der Waals surface area contributed by atoms with E-state index in [-0.39, 0.29) is 26.5 Å². The van der Waals surface area contributed by atoms with Crippen molar-refractivity contribution < 1.29 is 30.0 Å². The van der Waals surface area contributed by atoms with E-state index < -0.39 is 0 Å². The van der Waals surface area contributed by atoms with E-state index in [1.165, 1.54) is 10.9 Å². The number of aryl methyl sites for hydroxylation is 2. The van der Waals surface area contributed by atoms with Crippen molar-refractivity contribution in [2.24, 2.45) is 0 Å². The molecule has 0 amide bonds. The monoisotopic (exact) mass is 1210 g/mol. The number of para-hydroxylation sites is 8. The van der Waals surface area contributed by atoms with Crippen LogP contribution in [0.15, 0.2) is 193 Å². The van der Waals surface area contributed by atoms with Crippen molar-refractivity contribution in [3.63, 3.8) is 0 Å². The van der Waals surface area contributed by atoms with E-state index in [4.69, 9.17) is 19.4 Å². The number of fused-ring (bicyclic) bond motifs is 17. The van der Waals surface area contributed by atoms with E-state index in [9.17, 15) is 0 Å². The van der Waals surface area contributed by atoms with Crippen LogP contribution < -0.4 is 4.57 Å². The number of rotatable bonds is 5. The summed E-state index contributed by atoms with van der Waals surface area (Å²) in [5.74, 6) is 2.22. The van der Waals surface area contributed by atoms with Crippen molar-refractivity contribution in [1.29, 1.82) is 0 Å². The van der Waals surface area contributed by atoms with E-state index >= 15 is 0 Å². The summed E-state index contributed by atoms with van der Waals surface area (Å²) >= 11 is 0. The Morgan fingerprint density at radius 2 is 1.15 bits per heavy atom. The second-order valence-electron chi connectivity index (χ2n) is 21.9. The number of aromatic nitrogens is 10. The molecule has 0 fully saturated rings. The van der Waals surface area contributed by atoms with Crippen molar-refractivity contribution in [3.8, 4) is 28.6 Å². The maximum atomic E-state index is 7.05. The van der Waals surface area contributed by atoms with Gasteiger partial charge in [0.1, 0.15) is 11.4 Å². The minimum atomic E-state index is -0.125. The van der Waals surface area contributed by atoms with Crippen molar-refractivity contribution in [1.82, 2.24) is 42.0 Å². The molecule has 0 radical (unpaired) electrons. The molecule has 17 aromatic rings. The summed E-state index contributed by atoms with van der Waals surface area (Å²) in [4.78, 5) is 16.0. The van der Waals surface area contributed by atoms with Gasteiger partial charge in [0.25, 0.3) is 6.33 Å². The van der Waals surface area contributed by atoms with E-state index in [0.29, 0.717) is 17.0 Å². The van der Waals surface area contributed by atoms with Gasteiger partial charge in [-0.15, -0.1) is 24.3 Å². The van der Waals surface area contributed by atoms with Gasteiger partial charge in [0.05, 0.1) is 49.8 Å². The van der Waals surface area contributed by atoms with Crippen molar-refractivity contribution in [3.05, 3.63) is 223 Å². The first-order chi connectivity index (χ1) is 38.7. The molecule has 0 atom stereocenters. The average molecular weight is 1210 g/mol. The summed E-state index contributed by atoms with van der Waals surface area (Å²) in [6.07, 6.45) is 5.82. The molecule has 9 aromatic carbocycles. The average Bonchev–Trinajstić information content (AvgIpc) is 3.67. The standard InChI is InChI=1S/C68H46N10O.Pt/c1-40-18-15-28-52-62(40)70-66-75(52)55-37-57-58(78(61-34-42(32-33-69-61)68(3,4)5)67-71-63-41(2)19-16-29-53(63)76(57)67)38-56(55)77(66)59-36-44(35-48-46-23-10-14-31-60(46)79-65(48)59)72-39-73(51-27-13-12-26-50(51)72)54-30-17-24-47-45-22-9-11-25-49(45)74(64(47)54)43-20-7-6-8-21-43;/h6-35,37H,1-5H3;/q-2;. The first kappa shape index (κ1) is 46.5. The number of hydrogen-bond acceptors (Lipinski definition) is 4. The predicted molar refractivity (Wildman–Crippen MR) is 315 cm³/mol. The molecule has 0 saturated heterocycles. The van der Waals surface area contributed by atoms with E-state index in [1.54, 1.807) is 0 Å². The molecule has 12 heteroatoms. The molecule has 0 unspecified atom stereocenters. The molecule has 17 rings (SSSR count). The van der Waals surface area contributed by atoms with Crippen LogP contribution in [0.1, 0.15) is 37.5 Å². The van der Waals surface area contributed by atoms with Gasteiger partial charge in [-0.05, 0) is 124 Å². The Labute approximate surface area is 471 Å². The van der Waals surface area contributed by atoms with Crippen LogP contribution in [0.5, 0.6) is 0 Å². The van der Waals surface area contributed by atoms with Crippen LogP contribution in [0.2, 0.25) is 0 Å². The Morgan fingerprint density at radius 1 is 0.525 bits per heavy atom. The van der Waals surface area contributed by atoms with Crippen LogP contribution in [-0.4, -0.2) is 42.0 Å². The first-order valence-corrected chi connectivity index (χ1v) is 26.7. The summed E-state index contributed by atoms with van der Waals surface area (Å²) in [5.41, 5.74) is 19.7. The van der Waals surface area contributed by atoms with Crippen molar-refractivity contribution in [2.75, 3.05) is 0 Å². The van der Waals surface area contributed by atoms with Crippen molar-refractivity contribution in [2.45, 2.75) is 40.0 Å². The van der Waals surface area contributed by atoms with Crippen LogP contribution in [0.25, 0.3) is 139 Å². The van der Waals surface area contributed by atoms with Crippen LogP contribution in [-0.2, 0) is 26.5 Å². The van der Waals surface area contributed by atoms with Gasteiger partial charge in [0.15, 0.2) is 0 Å². The fourth-order valence-corrected chi connectivity index (χ4v) is 12.5. The maximum Gasteiger partial charge on any atom is 0.268 e. The number of imidazole rings is 5. The van der Waals surface area contributed by atoms with E-state index in [2.05, 4.69) is 255 Å². The molecule has 8 aromatic heterocycles. The van der Waals surface area contributed by atoms with Gasteiger partial charge in [-0.1, -0.05) is 141 Å². The number of benzene rings is 9. The molecule has 0 aliphatic carbocycles. The third-order valence-electron chi connectivity index (χ3n) is 16.2. The second kappa shape index (κ2) is 16.7. The van der Waals surface area contributed by atoms with Gasteiger partial charge in [-0.2, -0.15) is 0 Å². The number of nitrogens with zero attached hydrogens (tertiary/aromatic N) is 10.